The lowest BCUT2D eigenvalue weighted by Crippen LogP contribution is -2.36. The molecule has 0 aliphatic carbocycles. The number of thioether (sulfide) groups is 1. The van der Waals surface area contributed by atoms with Crippen LogP contribution in [0.1, 0.15) is 30.4 Å². The van der Waals surface area contributed by atoms with E-state index in [1.165, 1.54) is 11.8 Å². The average Bonchev–Trinajstić information content (AvgIpc) is 2.56. The maximum atomic E-state index is 12.7. The molecule has 130 valence electrons. The molecule has 0 fully saturated rings. The summed E-state index contributed by atoms with van der Waals surface area (Å²) in [4.78, 5) is 44.1. The number of carbonyl (C=O) groups is 2. The Hall–Kier alpha value is -2.61. The lowest BCUT2D eigenvalue weighted by atomic mass is 9.92. The maximum absolute atomic E-state index is 12.7. The number of H-pyrrole nitrogens is 1. The van der Waals surface area contributed by atoms with E-state index >= 15 is 0 Å². The highest BCUT2D eigenvalue weighted by Crippen LogP contribution is 2.30. The highest BCUT2D eigenvalue weighted by molar-refractivity contribution is 7.99. The number of nitrogens with one attached hydrogen (secondary N) is 3. The zero-order chi connectivity index (χ0) is 18.0. The number of para-hydroxylation sites is 1. The standard InChI is InChI=1S/C17H18N4O3S/c1-3-25-17-20-14-13(16(24)21-17)10(8-12(22)19-14)15(23)18-11-7-5-4-6-9(11)2/h4-7,10H,3,8H2,1-2H3,(H,18,23)(H2,19,20,21,22,24)/t10-/m0/s1. The Bertz CT molecular complexity index is 894. The summed E-state index contributed by atoms with van der Waals surface area (Å²) in [6.07, 6.45) is -0.0876. The normalized spacial score (nSPS) is 16.1. The third kappa shape index (κ3) is 3.58. The number of fused-ring (bicyclic) bond motifs is 1. The van der Waals surface area contributed by atoms with E-state index in [4.69, 9.17) is 0 Å². The number of rotatable bonds is 4. The second kappa shape index (κ2) is 7.10. The zero-order valence-electron chi connectivity index (χ0n) is 13.9. The fraction of sp³-hybridized carbons (Fsp3) is 0.294. The first kappa shape index (κ1) is 17.2. The molecule has 2 heterocycles. The summed E-state index contributed by atoms with van der Waals surface area (Å²) < 4.78 is 0. The van der Waals surface area contributed by atoms with Crippen LogP contribution in [0.3, 0.4) is 0 Å². The molecule has 1 aliphatic rings. The molecule has 0 unspecified atom stereocenters. The Balaban J connectivity index is 1.96. The lowest BCUT2D eigenvalue weighted by molar-refractivity contribution is -0.123. The van der Waals surface area contributed by atoms with E-state index in [0.29, 0.717) is 10.8 Å². The minimum absolute atomic E-state index is 0.0876. The number of aryl methyl sites for hydroxylation is 1. The second-order valence-corrected chi connectivity index (χ2v) is 6.93. The van der Waals surface area contributed by atoms with Gasteiger partial charge >= 0.3 is 0 Å². The molecule has 25 heavy (non-hydrogen) atoms. The van der Waals surface area contributed by atoms with E-state index in [-0.39, 0.29) is 23.7 Å². The van der Waals surface area contributed by atoms with Crippen LogP contribution in [-0.4, -0.2) is 27.5 Å². The van der Waals surface area contributed by atoms with Gasteiger partial charge in [0, 0.05) is 12.1 Å². The summed E-state index contributed by atoms with van der Waals surface area (Å²) in [5.41, 5.74) is 1.36. The molecule has 0 saturated carbocycles. The molecule has 0 saturated heterocycles. The van der Waals surface area contributed by atoms with Gasteiger partial charge in [0.2, 0.25) is 11.8 Å². The molecule has 1 atom stereocenters. The number of hydrogen-bond donors (Lipinski definition) is 3. The van der Waals surface area contributed by atoms with Gasteiger partial charge in [-0.15, -0.1) is 0 Å². The Morgan fingerprint density at radius 3 is 2.84 bits per heavy atom. The number of anilines is 2. The fourth-order valence-corrected chi connectivity index (χ4v) is 3.31. The Labute approximate surface area is 148 Å². The topological polar surface area (TPSA) is 104 Å². The van der Waals surface area contributed by atoms with Crippen LogP contribution in [0.2, 0.25) is 0 Å². The number of carbonyl (C=O) groups excluding carboxylic acids is 2. The molecule has 2 amide bonds. The van der Waals surface area contributed by atoms with Gasteiger partial charge < -0.3 is 15.6 Å². The average molecular weight is 358 g/mol. The van der Waals surface area contributed by atoms with Gasteiger partial charge in [-0.3, -0.25) is 14.4 Å². The van der Waals surface area contributed by atoms with Crippen molar-refractivity contribution in [2.24, 2.45) is 0 Å². The first-order valence-corrected chi connectivity index (χ1v) is 8.91. The van der Waals surface area contributed by atoms with Crippen molar-refractivity contribution in [1.29, 1.82) is 0 Å². The van der Waals surface area contributed by atoms with Crippen molar-refractivity contribution in [2.75, 3.05) is 16.4 Å². The van der Waals surface area contributed by atoms with Crippen LogP contribution in [0.5, 0.6) is 0 Å². The number of nitrogens with zero attached hydrogens (tertiary/aromatic N) is 1. The number of hydrogen-bond acceptors (Lipinski definition) is 5. The predicted molar refractivity (Wildman–Crippen MR) is 97.1 cm³/mol. The van der Waals surface area contributed by atoms with E-state index in [2.05, 4.69) is 20.6 Å². The molecule has 8 heteroatoms. The van der Waals surface area contributed by atoms with Crippen LogP contribution in [0.25, 0.3) is 0 Å². The summed E-state index contributed by atoms with van der Waals surface area (Å²) >= 11 is 1.36. The molecular formula is C17H18N4O3S. The van der Waals surface area contributed by atoms with E-state index in [0.717, 1.165) is 11.3 Å². The monoisotopic (exact) mass is 358 g/mol. The van der Waals surface area contributed by atoms with Crippen LogP contribution in [0.4, 0.5) is 11.5 Å². The van der Waals surface area contributed by atoms with E-state index in [9.17, 15) is 14.4 Å². The molecule has 0 spiro atoms. The van der Waals surface area contributed by atoms with Crippen molar-refractivity contribution in [3.05, 3.63) is 45.7 Å². The molecule has 3 rings (SSSR count). The smallest absolute Gasteiger partial charge is 0.257 e. The summed E-state index contributed by atoms with van der Waals surface area (Å²) in [5, 5.41) is 5.82. The maximum Gasteiger partial charge on any atom is 0.257 e. The third-order valence-corrected chi connectivity index (χ3v) is 4.69. The predicted octanol–water partition coefficient (Wildman–Crippen LogP) is 2.25. The lowest BCUT2D eigenvalue weighted by Gasteiger charge is -2.23. The number of amides is 2. The SMILES string of the molecule is CCSc1nc2c(c(=O)[nH]1)[C@@H](C(=O)Nc1ccccc1C)CC(=O)N2. The van der Waals surface area contributed by atoms with E-state index < -0.39 is 17.4 Å². The quantitative estimate of drug-likeness (QED) is 0.574. The zero-order valence-corrected chi connectivity index (χ0v) is 14.7. The van der Waals surface area contributed by atoms with Crippen LogP contribution in [0, 0.1) is 6.92 Å². The van der Waals surface area contributed by atoms with Gasteiger partial charge in [0.1, 0.15) is 5.82 Å². The van der Waals surface area contributed by atoms with Crippen LogP contribution in [0.15, 0.2) is 34.2 Å². The van der Waals surface area contributed by atoms with Crippen molar-refractivity contribution >= 4 is 35.1 Å². The fourth-order valence-electron chi connectivity index (χ4n) is 2.71. The first-order chi connectivity index (χ1) is 12.0. The van der Waals surface area contributed by atoms with Crippen LogP contribution < -0.4 is 16.2 Å². The minimum Gasteiger partial charge on any atom is -0.325 e. The molecule has 0 radical (unpaired) electrons. The third-order valence-electron chi connectivity index (χ3n) is 3.93. The summed E-state index contributed by atoms with van der Waals surface area (Å²) in [6.45, 7) is 3.81. The van der Waals surface area contributed by atoms with Gasteiger partial charge in [-0.25, -0.2) is 4.98 Å². The number of aromatic amines is 1. The van der Waals surface area contributed by atoms with Gasteiger partial charge in [-0.1, -0.05) is 36.9 Å². The summed E-state index contributed by atoms with van der Waals surface area (Å²) in [7, 11) is 0. The highest BCUT2D eigenvalue weighted by atomic mass is 32.2. The molecular weight excluding hydrogens is 340 g/mol. The minimum atomic E-state index is -0.875. The van der Waals surface area contributed by atoms with Crippen molar-refractivity contribution < 1.29 is 9.59 Å². The largest absolute Gasteiger partial charge is 0.325 e. The first-order valence-electron chi connectivity index (χ1n) is 7.93. The van der Waals surface area contributed by atoms with Crippen LogP contribution in [-0.2, 0) is 9.59 Å². The Morgan fingerprint density at radius 2 is 2.12 bits per heavy atom. The van der Waals surface area contributed by atoms with Gasteiger partial charge in [-0.05, 0) is 24.3 Å². The van der Waals surface area contributed by atoms with E-state index in [1.807, 2.05) is 32.0 Å². The van der Waals surface area contributed by atoms with Crippen LogP contribution >= 0.6 is 11.8 Å². The van der Waals surface area contributed by atoms with Gasteiger partial charge in [0.15, 0.2) is 5.16 Å². The van der Waals surface area contributed by atoms with Crippen molar-refractivity contribution in [1.82, 2.24) is 9.97 Å². The van der Waals surface area contributed by atoms with Gasteiger partial charge in [0.05, 0.1) is 11.5 Å². The van der Waals surface area contributed by atoms with Crippen molar-refractivity contribution in [3.63, 3.8) is 0 Å². The molecule has 0 bridgehead atoms. The number of benzene rings is 1. The molecule has 2 aromatic rings. The Kier molecular flexibility index (Phi) is 4.89. The molecule has 1 aromatic heterocycles. The Morgan fingerprint density at radius 1 is 1.36 bits per heavy atom. The van der Waals surface area contributed by atoms with Gasteiger partial charge in [-0.2, -0.15) is 0 Å². The molecule has 1 aliphatic heterocycles. The van der Waals surface area contributed by atoms with Crippen molar-refractivity contribution in [3.8, 4) is 0 Å². The summed E-state index contributed by atoms with van der Waals surface area (Å²) in [5.74, 6) is -0.704. The number of aromatic nitrogens is 2. The molecule has 1 aromatic carbocycles. The van der Waals surface area contributed by atoms with Crippen molar-refractivity contribution in [2.45, 2.75) is 31.3 Å². The molecule has 7 nitrogen and oxygen atoms in total. The highest BCUT2D eigenvalue weighted by Gasteiger charge is 2.34. The summed E-state index contributed by atoms with van der Waals surface area (Å²) in [6, 6.07) is 7.34. The molecule has 3 N–H and O–H groups in total. The van der Waals surface area contributed by atoms with Gasteiger partial charge in [0.25, 0.3) is 5.56 Å². The second-order valence-electron chi connectivity index (χ2n) is 5.68. The van der Waals surface area contributed by atoms with E-state index in [1.54, 1.807) is 6.07 Å².